The lowest BCUT2D eigenvalue weighted by Crippen LogP contribution is -2.47. The van der Waals surface area contributed by atoms with Gasteiger partial charge in [0.1, 0.15) is 15.6 Å². The number of aromatic nitrogens is 2. The number of sulfone groups is 1. The zero-order valence-corrected chi connectivity index (χ0v) is 23.1. The quantitative estimate of drug-likeness (QED) is 0.380. The second-order valence-electron chi connectivity index (χ2n) is 9.76. The average molecular weight is 620 g/mol. The minimum atomic E-state index is -5.17. The second kappa shape index (κ2) is 11.8. The van der Waals surface area contributed by atoms with Crippen LogP contribution in [0.3, 0.4) is 0 Å². The fourth-order valence-corrected chi connectivity index (χ4v) is 5.96. The van der Waals surface area contributed by atoms with Crippen LogP contribution in [0.15, 0.2) is 18.2 Å². The number of halogens is 7. The molecule has 1 aliphatic carbocycles. The first-order valence-corrected chi connectivity index (χ1v) is 14.6. The molecular formula is C24H28ClF6N3O5S. The predicted molar refractivity (Wildman–Crippen MR) is 134 cm³/mol. The SMILES string of the molecule is CCn1nc(C(=O)NC[C@]2(O)CC[C@@H](S(C)(=O)=O)CC2)c(Cl)c1-c1ccc(CCC(F)(F)F)cc1OC(F)(F)F. The van der Waals surface area contributed by atoms with E-state index < -0.39 is 57.7 Å². The normalized spacial score (nSPS) is 20.4. The number of carbonyl (C=O) groups excluding carboxylic acids is 1. The van der Waals surface area contributed by atoms with Crippen LogP contribution in [0.1, 0.15) is 55.1 Å². The summed E-state index contributed by atoms with van der Waals surface area (Å²) in [5.74, 6) is -1.65. The van der Waals surface area contributed by atoms with Gasteiger partial charge in [0.2, 0.25) is 0 Å². The molecule has 0 spiro atoms. The second-order valence-corrected chi connectivity index (χ2v) is 12.5. The summed E-state index contributed by atoms with van der Waals surface area (Å²) in [5, 5.41) is 16.5. The molecule has 2 N–H and O–H groups in total. The number of aryl methyl sites for hydroxylation is 2. The lowest BCUT2D eigenvalue weighted by Gasteiger charge is -2.35. The lowest BCUT2D eigenvalue weighted by atomic mass is 9.84. The molecule has 0 aliphatic heterocycles. The van der Waals surface area contributed by atoms with Crippen LogP contribution >= 0.6 is 11.6 Å². The molecule has 2 aromatic rings. The van der Waals surface area contributed by atoms with Gasteiger partial charge in [-0.15, -0.1) is 13.2 Å². The van der Waals surface area contributed by atoms with Gasteiger partial charge in [-0.1, -0.05) is 17.7 Å². The number of benzene rings is 1. The number of nitrogens with zero attached hydrogens (tertiary/aromatic N) is 2. The molecule has 1 heterocycles. The number of amides is 1. The summed E-state index contributed by atoms with van der Waals surface area (Å²) in [6.45, 7) is 1.39. The predicted octanol–water partition coefficient (Wildman–Crippen LogP) is 5.07. The number of alkyl halides is 6. The molecule has 224 valence electrons. The number of hydrogen-bond acceptors (Lipinski definition) is 6. The molecule has 1 aromatic heterocycles. The third-order valence-corrected chi connectivity index (χ3v) is 8.72. The van der Waals surface area contributed by atoms with Crippen molar-refractivity contribution < 1.29 is 49.4 Å². The minimum Gasteiger partial charge on any atom is -0.405 e. The molecule has 1 aromatic carbocycles. The maximum Gasteiger partial charge on any atom is 0.573 e. The van der Waals surface area contributed by atoms with Crippen molar-refractivity contribution in [1.29, 1.82) is 0 Å². The van der Waals surface area contributed by atoms with E-state index in [9.17, 15) is 44.7 Å². The van der Waals surface area contributed by atoms with Crippen molar-refractivity contribution in [2.75, 3.05) is 12.8 Å². The summed E-state index contributed by atoms with van der Waals surface area (Å²) < 4.78 is 106. The lowest BCUT2D eigenvalue weighted by molar-refractivity contribution is -0.274. The van der Waals surface area contributed by atoms with Crippen LogP contribution in [0.25, 0.3) is 11.3 Å². The number of ether oxygens (including phenoxy) is 1. The van der Waals surface area contributed by atoms with Crippen LogP contribution in [0.2, 0.25) is 5.02 Å². The highest BCUT2D eigenvalue weighted by atomic mass is 35.5. The van der Waals surface area contributed by atoms with E-state index in [1.54, 1.807) is 6.92 Å². The van der Waals surface area contributed by atoms with E-state index in [0.29, 0.717) is 0 Å². The van der Waals surface area contributed by atoms with Gasteiger partial charge in [0.25, 0.3) is 5.91 Å². The highest BCUT2D eigenvalue weighted by Gasteiger charge is 2.38. The third-order valence-electron chi connectivity index (χ3n) is 6.68. The van der Waals surface area contributed by atoms with E-state index in [0.717, 1.165) is 23.1 Å². The topological polar surface area (TPSA) is 111 Å². The van der Waals surface area contributed by atoms with Crippen LogP contribution in [0.5, 0.6) is 5.75 Å². The molecule has 40 heavy (non-hydrogen) atoms. The van der Waals surface area contributed by atoms with E-state index in [1.165, 1.54) is 6.07 Å². The molecule has 0 bridgehead atoms. The Kier molecular flexibility index (Phi) is 9.41. The van der Waals surface area contributed by atoms with Crippen LogP contribution in [-0.2, 0) is 22.8 Å². The molecule has 1 saturated carbocycles. The number of carbonyl (C=O) groups is 1. The van der Waals surface area contributed by atoms with Crippen LogP contribution in [0.4, 0.5) is 26.3 Å². The summed E-state index contributed by atoms with van der Waals surface area (Å²) in [6.07, 6.45) is -9.75. The molecule has 1 amide bonds. The van der Waals surface area contributed by atoms with Gasteiger partial charge in [-0.2, -0.15) is 18.3 Å². The summed E-state index contributed by atoms with van der Waals surface area (Å²) in [5.41, 5.74) is -2.16. The molecular weight excluding hydrogens is 592 g/mol. The summed E-state index contributed by atoms with van der Waals surface area (Å²) in [4.78, 5) is 12.9. The summed E-state index contributed by atoms with van der Waals surface area (Å²) in [6, 6.07) is 3.15. The van der Waals surface area contributed by atoms with Crippen molar-refractivity contribution in [1.82, 2.24) is 15.1 Å². The highest BCUT2D eigenvalue weighted by Crippen LogP contribution is 2.40. The van der Waals surface area contributed by atoms with Gasteiger partial charge >= 0.3 is 12.5 Å². The van der Waals surface area contributed by atoms with Gasteiger partial charge in [-0.05, 0) is 56.7 Å². The minimum absolute atomic E-state index is 0.0560. The van der Waals surface area contributed by atoms with Gasteiger partial charge in [-0.3, -0.25) is 9.48 Å². The number of nitrogens with one attached hydrogen (secondary N) is 1. The van der Waals surface area contributed by atoms with Crippen LogP contribution in [0, 0.1) is 0 Å². The maximum atomic E-state index is 13.2. The Balaban J connectivity index is 1.87. The Morgan fingerprint density at radius 1 is 1.23 bits per heavy atom. The van der Waals surface area contributed by atoms with Crippen molar-refractivity contribution in [3.05, 3.63) is 34.5 Å². The average Bonchev–Trinajstić information content (AvgIpc) is 3.16. The molecule has 1 aliphatic rings. The standard InChI is InChI=1S/C24H28ClF6N3O5S/c1-3-34-20(16-5-4-14(6-11-23(26,27)28)12-17(16)39-24(29,30)31)18(25)19(33-34)21(35)32-13-22(36)9-7-15(8-10-22)40(2,37)38/h4-5,12,15,36H,3,6-11,13H2,1-2H3,(H,32,35)/t15-,22+. The molecule has 1 fully saturated rings. The molecule has 0 radical (unpaired) electrons. The molecule has 8 nitrogen and oxygen atoms in total. The van der Waals surface area contributed by atoms with Gasteiger partial charge in [-0.25, -0.2) is 8.42 Å². The van der Waals surface area contributed by atoms with Crippen LogP contribution in [-0.4, -0.2) is 65.4 Å². The van der Waals surface area contributed by atoms with Gasteiger partial charge in [0, 0.05) is 31.3 Å². The largest absolute Gasteiger partial charge is 0.573 e. The fraction of sp³-hybridized carbons (Fsp3) is 0.583. The summed E-state index contributed by atoms with van der Waals surface area (Å²) in [7, 11) is -3.27. The Labute approximate surface area is 231 Å². The maximum absolute atomic E-state index is 13.2. The zero-order valence-electron chi connectivity index (χ0n) is 21.5. The van der Waals surface area contributed by atoms with Crippen molar-refractivity contribution >= 4 is 27.3 Å². The Bertz CT molecular complexity index is 1340. The highest BCUT2D eigenvalue weighted by molar-refractivity contribution is 7.91. The van der Waals surface area contributed by atoms with E-state index in [2.05, 4.69) is 15.2 Å². The molecule has 0 unspecified atom stereocenters. The smallest absolute Gasteiger partial charge is 0.405 e. The Morgan fingerprint density at radius 2 is 1.85 bits per heavy atom. The van der Waals surface area contributed by atoms with Crippen molar-refractivity contribution in [2.45, 2.75) is 75.4 Å². The van der Waals surface area contributed by atoms with Crippen molar-refractivity contribution in [2.24, 2.45) is 0 Å². The van der Waals surface area contributed by atoms with Gasteiger partial charge in [0.15, 0.2) is 5.69 Å². The van der Waals surface area contributed by atoms with E-state index in [-0.39, 0.29) is 66.3 Å². The first-order valence-electron chi connectivity index (χ1n) is 12.2. The first kappa shape index (κ1) is 32.0. The molecule has 0 atom stereocenters. The van der Waals surface area contributed by atoms with Gasteiger partial charge in [0.05, 0.1) is 21.6 Å². The number of rotatable bonds is 9. The monoisotopic (exact) mass is 619 g/mol. The molecule has 0 saturated heterocycles. The molecule has 3 rings (SSSR count). The van der Waals surface area contributed by atoms with E-state index in [1.807, 2.05) is 0 Å². The third kappa shape index (κ3) is 8.26. The van der Waals surface area contributed by atoms with Crippen LogP contribution < -0.4 is 10.1 Å². The van der Waals surface area contributed by atoms with Gasteiger partial charge < -0.3 is 15.2 Å². The van der Waals surface area contributed by atoms with Crippen molar-refractivity contribution in [3.63, 3.8) is 0 Å². The summed E-state index contributed by atoms with van der Waals surface area (Å²) >= 11 is 6.41. The Hall–Kier alpha value is -2.52. The first-order chi connectivity index (χ1) is 18.3. The zero-order chi connectivity index (χ0) is 30.1. The fourth-order valence-electron chi connectivity index (χ4n) is 4.55. The number of aliphatic hydroxyl groups is 1. The Morgan fingerprint density at radius 3 is 2.38 bits per heavy atom. The van der Waals surface area contributed by atoms with E-state index >= 15 is 0 Å². The van der Waals surface area contributed by atoms with E-state index in [4.69, 9.17) is 11.6 Å². The molecule has 16 heteroatoms. The number of hydrogen-bond donors (Lipinski definition) is 2. The van der Waals surface area contributed by atoms with Crippen molar-refractivity contribution in [3.8, 4) is 17.0 Å².